The number of nitrogens with one attached hydrogen (secondary N) is 2. The Labute approximate surface area is 298 Å². The van der Waals surface area contributed by atoms with Crippen molar-refractivity contribution in [1.82, 2.24) is 29.7 Å². The largest absolute Gasteiger partial charge is 0.367 e. The minimum Gasteiger partial charge on any atom is -0.367 e. The van der Waals surface area contributed by atoms with Gasteiger partial charge < -0.3 is 15.1 Å². The standard InChI is InChI=1S/C37H37N9O6/c1-20-25-19-39-37(42-32(25)45(22-6-3-4-7-22)35(51)30(20)21(2)47)40-28-12-10-23(18-38-28)43-14-16-44(17-15-43)26-9-5-8-24-31(26)36(52)46(34(24)50)27-11-13-29(48)41-33(27)49/h5,8-10,12,18-19,22,27H,3-4,6-7,11,13-17H2,1-2H3,(H,41,48,49)(H,38,39,40,42). The second kappa shape index (κ2) is 13.0. The molecule has 4 aliphatic rings. The van der Waals surface area contributed by atoms with E-state index in [-0.39, 0.29) is 46.9 Å². The summed E-state index contributed by atoms with van der Waals surface area (Å²) in [4.78, 5) is 96.2. The maximum atomic E-state index is 13.6. The van der Waals surface area contributed by atoms with Gasteiger partial charge in [-0.15, -0.1) is 0 Å². The quantitative estimate of drug-likeness (QED) is 0.212. The lowest BCUT2D eigenvalue weighted by Gasteiger charge is -2.37. The second-order valence-electron chi connectivity index (χ2n) is 13.7. The molecule has 1 unspecified atom stereocenters. The van der Waals surface area contributed by atoms with Gasteiger partial charge in [-0.1, -0.05) is 18.9 Å². The first-order valence-electron chi connectivity index (χ1n) is 17.6. The summed E-state index contributed by atoms with van der Waals surface area (Å²) in [6.07, 6.45) is 7.33. The fourth-order valence-corrected chi connectivity index (χ4v) is 8.04. The number of imide groups is 2. The zero-order valence-corrected chi connectivity index (χ0v) is 28.8. The number of aryl methyl sites for hydroxylation is 1. The third kappa shape index (κ3) is 5.56. The van der Waals surface area contributed by atoms with Crippen LogP contribution in [0.15, 0.2) is 47.5 Å². The normalized spacial score (nSPS) is 19.4. The number of fused-ring (bicyclic) bond motifs is 2. The molecular weight excluding hydrogens is 666 g/mol. The molecule has 1 atom stereocenters. The highest BCUT2D eigenvalue weighted by atomic mass is 16.2. The van der Waals surface area contributed by atoms with Crippen molar-refractivity contribution in [2.45, 2.75) is 64.5 Å². The number of hydrogen-bond donors (Lipinski definition) is 2. The summed E-state index contributed by atoms with van der Waals surface area (Å²) >= 11 is 0. The molecule has 4 aromatic rings. The van der Waals surface area contributed by atoms with Crippen LogP contribution < -0.4 is 26.0 Å². The zero-order chi connectivity index (χ0) is 36.3. The van der Waals surface area contributed by atoms with Crippen LogP contribution in [-0.4, -0.2) is 86.1 Å². The van der Waals surface area contributed by atoms with Crippen molar-refractivity contribution < 1.29 is 24.0 Å². The van der Waals surface area contributed by atoms with Gasteiger partial charge in [-0.3, -0.25) is 43.6 Å². The molecule has 2 saturated heterocycles. The number of aromatic nitrogens is 4. The molecular formula is C37H37N9O6. The van der Waals surface area contributed by atoms with Crippen LogP contribution in [0.3, 0.4) is 0 Å². The maximum absolute atomic E-state index is 13.6. The highest BCUT2D eigenvalue weighted by Gasteiger charge is 2.46. The van der Waals surface area contributed by atoms with Gasteiger partial charge >= 0.3 is 0 Å². The second-order valence-corrected chi connectivity index (χ2v) is 13.7. The number of piperidine rings is 1. The van der Waals surface area contributed by atoms with E-state index >= 15 is 0 Å². The number of benzene rings is 1. The Morgan fingerprint density at radius 3 is 2.33 bits per heavy atom. The number of carbonyl (C=O) groups excluding carboxylic acids is 5. The van der Waals surface area contributed by atoms with Crippen molar-refractivity contribution in [2.24, 2.45) is 0 Å². The van der Waals surface area contributed by atoms with Crippen molar-refractivity contribution in [3.05, 3.63) is 75.3 Å². The van der Waals surface area contributed by atoms with Gasteiger partial charge in [0.1, 0.15) is 17.5 Å². The number of hydrogen-bond acceptors (Lipinski definition) is 12. The van der Waals surface area contributed by atoms with Crippen molar-refractivity contribution in [1.29, 1.82) is 0 Å². The first kappa shape index (κ1) is 33.2. The summed E-state index contributed by atoms with van der Waals surface area (Å²) in [6, 6.07) is 7.91. The molecule has 8 rings (SSSR count). The van der Waals surface area contributed by atoms with Gasteiger partial charge in [-0.05, 0) is 62.9 Å². The number of rotatable bonds is 7. The van der Waals surface area contributed by atoms with Gasteiger partial charge in [0.25, 0.3) is 17.4 Å². The van der Waals surface area contributed by atoms with Gasteiger partial charge in [0.05, 0.1) is 34.3 Å². The molecule has 15 nitrogen and oxygen atoms in total. The number of pyridine rings is 2. The van der Waals surface area contributed by atoms with E-state index in [1.54, 1.807) is 36.0 Å². The lowest BCUT2D eigenvalue weighted by atomic mass is 10.0. The van der Waals surface area contributed by atoms with Crippen LogP contribution in [0.2, 0.25) is 0 Å². The molecule has 1 aromatic carbocycles. The van der Waals surface area contributed by atoms with Crippen LogP contribution in [0.5, 0.6) is 0 Å². The molecule has 0 spiro atoms. The fourth-order valence-electron chi connectivity index (χ4n) is 8.04. The van der Waals surface area contributed by atoms with Gasteiger partial charge in [0, 0.05) is 50.2 Å². The molecule has 3 aromatic heterocycles. The Morgan fingerprint density at radius 1 is 0.885 bits per heavy atom. The zero-order valence-electron chi connectivity index (χ0n) is 28.8. The van der Waals surface area contributed by atoms with E-state index < -0.39 is 29.7 Å². The highest BCUT2D eigenvalue weighted by Crippen LogP contribution is 2.35. The molecule has 266 valence electrons. The molecule has 2 N–H and O–H groups in total. The topological polar surface area (TPSA) is 180 Å². The Morgan fingerprint density at radius 2 is 1.63 bits per heavy atom. The first-order chi connectivity index (χ1) is 25.1. The summed E-state index contributed by atoms with van der Waals surface area (Å²) in [5.41, 5.74) is 3.07. The van der Waals surface area contributed by atoms with Crippen LogP contribution in [0, 0.1) is 6.92 Å². The molecule has 1 aliphatic carbocycles. The summed E-state index contributed by atoms with van der Waals surface area (Å²) in [5.74, 6) is -1.54. The summed E-state index contributed by atoms with van der Waals surface area (Å²) in [7, 11) is 0. The smallest absolute Gasteiger partial charge is 0.264 e. The van der Waals surface area contributed by atoms with Crippen LogP contribution in [0.1, 0.15) is 88.1 Å². The Balaban J connectivity index is 0.966. The molecule has 4 amide bonds. The van der Waals surface area contributed by atoms with E-state index in [4.69, 9.17) is 4.98 Å². The molecule has 52 heavy (non-hydrogen) atoms. The van der Waals surface area contributed by atoms with E-state index in [0.29, 0.717) is 60.2 Å². The Hall–Kier alpha value is -5.99. The maximum Gasteiger partial charge on any atom is 0.264 e. The fraction of sp³-hybridized carbons (Fsp3) is 0.378. The Bertz CT molecular complexity index is 2240. The van der Waals surface area contributed by atoms with Gasteiger partial charge in [-0.25, -0.2) is 9.97 Å². The monoisotopic (exact) mass is 703 g/mol. The average molecular weight is 704 g/mol. The van der Waals surface area contributed by atoms with Crippen molar-refractivity contribution in [2.75, 3.05) is 41.3 Å². The minimum absolute atomic E-state index is 0.0207. The number of anilines is 4. The summed E-state index contributed by atoms with van der Waals surface area (Å²) < 4.78 is 1.68. The number of carbonyl (C=O) groups is 5. The lowest BCUT2D eigenvalue weighted by Crippen LogP contribution is -2.54. The number of ketones is 1. The van der Waals surface area contributed by atoms with Gasteiger partial charge in [-0.2, -0.15) is 4.98 Å². The number of piperazine rings is 1. The van der Waals surface area contributed by atoms with E-state index in [1.807, 2.05) is 18.2 Å². The molecule has 6 heterocycles. The predicted molar refractivity (Wildman–Crippen MR) is 191 cm³/mol. The molecule has 0 bridgehead atoms. The SMILES string of the molecule is CC(=O)c1c(C)c2cnc(Nc3ccc(N4CCN(c5cccc6c5C(=O)N(C5CCC(=O)NC5=O)C6=O)CC4)cn3)nc2n(C2CCCC2)c1=O. The van der Waals surface area contributed by atoms with Crippen LogP contribution in [-0.2, 0) is 9.59 Å². The van der Waals surface area contributed by atoms with Crippen molar-refractivity contribution >= 4 is 63.6 Å². The number of amides is 4. The van der Waals surface area contributed by atoms with E-state index in [1.165, 1.54) is 6.92 Å². The summed E-state index contributed by atoms with van der Waals surface area (Å²) in [5, 5.41) is 6.08. The number of Topliss-reactive ketones (excluding diaryl/α,β-unsaturated/α-hetero) is 1. The lowest BCUT2D eigenvalue weighted by molar-refractivity contribution is -0.136. The third-order valence-electron chi connectivity index (χ3n) is 10.7. The van der Waals surface area contributed by atoms with E-state index in [9.17, 15) is 28.8 Å². The first-order valence-corrected chi connectivity index (χ1v) is 17.6. The molecule has 15 heteroatoms. The van der Waals surface area contributed by atoms with Gasteiger partial charge in [0.2, 0.25) is 17.8 Å². The van der Waals surface area contributed by atoms with E-state index in [2.05, 4.69) is 30.4 Å². The molecule has 0 radical (unpaired) electrons. The van der Waals surface area contributed by atoms with E-state index in [0.717, 1.165) is 36.3 Å². The predicted octanol–water partition coefficient (Wildman–Crippen LogP) is 3.28. The van der Waals surface area contributed by atoms with Gasteiger partial charge in [0.15, 0.2) is 5.78 Å². The van der Waals surface area contributed by atoms with Crippen molar-refractivity contribution in [3.8, 4) is 0 Å². The minimum atomic E-state index is -1.02. The molecule has 3 aliphatic heterocycles. The van der Waals surface area contributed by atoms with Crippen LogP contribution in [0.25, 0.3) is 11.0 Å². The average Bonchev–Trinajstić information content (AvgIpc) is 3.75. The van der Waals surface area contributed by atoms with Crippen LogP contribution in [0.4, 0.5) is 23.1 Å². The van der Waals surface area contributed by atoms with Crippen LogP contribution >= 0.6 is 0 Å². The highest BCUT2D eigenvalue weighted by molar-refractivity contribution is 6.25. The molecule has 3 fully saturated rings. The van der Waals surface area contributed by atoms with Crippen molar-refractivity contribution in [3.63, 3.8) is 0 Å². The number of nitrogens with zero attached hydrogens (tertiary/aromatic N) is 7. The third-order valence-corrected chi connectivity index (χ3v) is 10.7. The summed E-state index contributed by atoms with van der Waals surface area (Å²) in [6.45, 7) is 5.60. The molecule has 1 saturated carbocycles. The Kier molecular flexibility index (Phi) is 8.27.